The van der Waals surface area contributed by atoms with Crippen molar-refractivity contribution in [3.8, 4) is 0 Å². The van der Waals surface area contributed by atoms with E-state index in [0.717, 1.165) is 0 Å². The molecule has 34 heteroatoms. The van der Waals surface area contributed by atoms with Gasteiger partial charge in [0, 0.05) is 94.6 Å². The molecule has 0 saturated heterocycles. The molecule has 0 atom stereocenters. The van der Waals surface area contributed by atoms with Crippen LogP contribution in [0, 0.1) is 83.5 Å². The van der Waals surface area contributed by atoms with Gasteiger partial charge in [0.25, 0.3) is 0 Å². The van der Waals surface area contributed by atoms with Crippen molar-refractivity contribution in [1.29, 1.82) is 0 Å². The second kappa shape index (κ2) is 49.7. The van der Waals surface area contributed by atoms with Gasteiger partial charge in [-0.3, -0.25) is 0 Å². The fourth-order valence-electron chi connectivity index (χ4n) is 4.32. The molecule has 20 nitrogen and oxygen atoms in total. The SMILES string of the molecule is O.O.O.O.O.O.O.O.O=C(O)c1c(Cl)cccc1Cl.O=C(O)c1c(Cl)cccc1Cl.O=C(O)c1c(Cl)cccc1Cl.O=C(O)c1c(Cl)cccc1Cl.OC(O)c1c(Cl)cccc1Cl.OC(O)c1c(Cl)cccc1Cl.[Ce].[Ce]. The first-order valence-corrected chi connectivity index (χ1v) is 21.6. The van der Waals surface area contributed by atoms with Crippen LogP contribution in [0.1, 0.15) is 65.1 Å². The van der Waals surface area contributed by atoms with Crippen molar-refractivity contribution in [3.63, 3.8) is 0 Å². The molecule has 0 saturated carbocycles. The van der Waals surface area contributed by atoms with Crippen molar-refractivity contribution in [3.05, 3.63) is 203 Å². The van der Waals surface area contributed by atoms with Crippen molar-refractivity contribution in [1.82, 2.24) is 0 Å². The van der Waals surface area contributed by atoms with E-state index in [9.17, 15) is 19.2 Å². The van der Waals surface area contributed by atoms with E-state index < -0.39 is 36.5 Å². The first kappa shape index (κ1) is 97.2. The minimum Gasteiger partial charge on any atom is -0.478 e. The summed E-state index contributed by atoms with van der Waals surface area (Å²) < 4.78 is 0. The maximum absolute atomic E-state index is 10.5. The Balaban J connectivity index is -0.0000000838. The molecule has 0 aliphatic rings. The normalized spacial score (nSPS) is 8.66. The second-order valence-corrected chi connectivity index (χ2v) is 16.5. The van der Waals surface area contributed by atoms with E-state index in [4.69, 9.17) is 180 Å². The van der Waals surface area contributed by atoms with Gasteiger partial charge in [0.15, 0.2) is 12.6 Å². The average molecular weight is 1570 g/mol. The van der Waals surface area contributed by atoms with Gasteiger partial charge in [-0.1, -0.05) is 176 Å². The van der Waals surface area contributed by atoms with Crippen LogP contribution in [-0.4, -0.2) is 109 Å². The van der Waals surface area contributed by atoms with Crippen LogP contribution in [0.2, 0.25) is 60.3 Å². The number of benzene rings is 6. The van der Waals surface area contributed by atoms with E-state index in [1.165, 1.54) is 48.5 Å². The molecule has 0 aromatic heterocycles. The number of rotatable bonds is 6. The van der Waals surface area contributed by atoms with Crippen LogP contribution in [0.15, 0.2) is 109 Å². The summed E-state index contributed by atoms with van der Waals surface area (Å²) in [5.41, 5.74) is 0.116. The number of carbonyl (C=O) groups is 4. The average Bonchev–Trinajstić information content (AvgIpc) is 3.18. The Bertz CT molecular complexity index is 2240. The van der Waals surface area contributed by atoms with Gasteiger partial charge < -0.3 is 84.7 Å². The van der Waals surface area contributed by atoms with Crippen LogP contribution in [0.25, 0.3) is 0 Å². The summed E-state index contributed by atoms with van der Waals surface area (Å²) >= 11 is 67.0. The molecule has 0 amide bonds. The monoisotopic (exact) mass is 1570 g/mol. The molecule has 0 bridgehead atoms. The Kier molecular flexibility index (Phi) is 63.6. The van der Waals surface area contributed by atoms with Gasteiger partial charge in [0.1, 0.15) is 0 Å². The van der Waals surface area contributed by atoms with E-state index in [2.05, 4.69) is 0 Å². The van der Waals surface area contributed by atoms with Crippen molar-refractivity contribution < 1.29 is 187 Å². The van der Waals surface area contributed by atoms with Crippen LogP contribution in [0.4, 0.5) is 0 Å². The number of halogens is 12. The minimum atomic E-state index is -1.61. The maximum atomic E-state index is 10.5. The molecule has 424 valence electrons. The Morgan fingerprint density at radius 2 is 0.368 bits per heavy atom. The number of aliphatic hydroxyl groups excluding tert-OH is 2. The van der Waals surface area contributed by atoms with Crippen LogP contribution in [-0.2, 0) is 0 Å². The van der Waals surface area contributed by atoms with Gasteiger partial charge in [-0.25, -0.2) is 19.2 Å². The molecular weight excluding hydrogens is 1530 g/mol. The Hall–Kier alpha value is -1.05. The smallest absolute Gasteiger partial charge is 0.338 e. The van der Waals surface area contributed by atoms with Crippen LogP contribution in [0.3, 0.4) is 0 Å². The predicted octanol–water partition coefficient (Wildman–Crippen LogP) is 8.12. The summed E-state index contributed by atoms with van der Waals surface area (Å²) in [5, 5.41) is 71.7. The molecule has 0 heterocycles. The first-order valence-electron chi connectivity index (χ1n) is 17.1. The summed E-state index contributed by atoms with van der Waals surface area (Å²) in [6, 6.07) is 27.7. The van der Waals surface area contributed by atoms with Crippen LogP contribution < -0.4 is 0 Å². The molecule has 0 unspecified atom stereocenters. The van der Waals surface area contributed by atoms with Gasteiger partial charge in [0.05, 0.1) is 82.5 Å². The van der Waals surface area contributed by atoms with E-state index in [-0.39, 0.29) is 221 Å². The number of carboxylic acids is 4. The number of carboxylic acid groups (broad SMARTS) is 4. The second-order valence-electron chi connectivity index (χ2n) is 11.6. The molecule has 76 heavy (non-hydrogen) atoms. The number of hydrogen-bond acceptors (Lipinski definition) is 8. The van der Waals surface area contributed by atoms with Crippen LogP contribution >= 0.6 is 139 Å². The minimum absolute atomic E-state index is 0. The molecule has 6 aromatic carbocycles. The van der Waals surface area contributed by atoms with Gasteiger partial charge >= 0.3 is 23.9 Å². The molecule has 0 radical (unpaired) electrons. The summed E-state index contributed by atoms with van der Waals surface area (Å²) in [5.74, 6) is -4.44. The van der Waals surface area contributed by atoms with Crippen molar-refractivity contribution >= 4 is 163 Å². The van der Waals surface area contributed by atoms with Gasteiger partial charge in [0.2, 0.25) is 0 Å². The molecule has 0 spiro atoms. The molecule has 0 aliphatic heterocycles. The Morgan fingerprint density at radius 3 is 0.434 bits per heavy atom. The summed E-state index contributed by atoms with van der Waals surface area (Å²) in [6.45, 7) is 0. The largest absolute Gasteiger partial charge is 0.478 e. The fourth-order valence-corrected chi connectivity index (χ4v) is 7.74. The molecule has 24 N–H and O–H groups in total. The third-order valence-corrected chi connectivity index (χ3v) is 11.1. The number of aromatic carboxylic acids is 4. The molecular formula is C42H44Ce2Cl12O20. The third-order valence-electron chi connectivity index (χ3n) is 7.22. The zero-order valence-corrected chi connectivity index (χ0v) is 52.6. The zero-order chi connectivity index (χ0) is 50.6. The predicted molar refractivity (Wildman–Crippen MR) is 290 cm³/mol. The summed E-state index contributed by atoms with van der Waals surface area (Å²) in [4.78, 5) is 41.9. The van der Waals surface area contributed by atoms with Crippen LogP contribution in [0.5, 0.6) is 0 Å². The quantitative estimate of drug-likeness (QED) is 0.0733. The van der Waals surface area contributed by atoms with Crippen molar-refractivity contribution in [2.24, 2.45) is 0 Å². The molecule has 6 aromatic rings. The van der Waals surface area contributed by atoms with Gasteiger partial charge in [-0.2, -0.15) is 0 Å². The topological polar surface area (TPSA) is 482 Å². The number of aliphatic hydroxyl groups is 4. The molecule has 0 aliphatic carbocycles. The van der Waals surface area contributed by atoms with E-state index >= 15 is 0 Å². The van der Waals surface area contributed by atoms with Gasteiger partial charge in [-0.05, 0) is 72.8 Å². The number of hydrogen-bond donors (Lipinski definition) is 8. The molecule has 6 rings (SSSR count). The Morgan fingerprint density at radius 1 is 0.263 bits per heavy atom. The Labute approximate surface area is 558 Å². The fraction of sp³-hybridized carbons (Fsp3) is 0.0476. The zero-order valence-electron chi connectivity index (χ0n) is 37.3. The standard InChI is InChI=1S/2C7H6Cl2O2.4C7H4Cl2O2.2Ce.8H2O/c6*8-4-2-1-3-5(9)6(4)7(10)11;;;;;;;;;;/h2*1-3,7,10-11H;4*1-3H,(H,10,11);;;8*1H2. The first-order chi connectivity index (χ1) is 30.8. The molecule has 0 fully saturated rings. The summed E-state index contributed by atoms with van der Waals surface area (Å²) in [6.07, 6.45) is -3.23. The van der Waals surface area contributed by atoms with E-state index in [0.29, 0.717) is 0 Å². The maximum Gasteiger partial charge on any atom is 0.338 e. The van der Waals surface area contributed by atoms with Crippen molar-refractivity contribution in [2.45, 2.75) is 12.6 Å². The van der Waals surface area contributed by atoms with E-state index in [1.807, 2.05) is 0 Å². The third kappa shape index (κ3) is 33.0. The summed E-state index contributed by atoms with van der Waals surface area (Å²) in [7, 11) is 0. The van der Waals surface area contributed by atoms with E-state index in [1.54, 1.807) is 60.7 Å². The van der Waals surface area contributed by atoms with Crippen molar-refractivity contribution in [2.75, 3.05) is 0 Å². The van der Waals surface area contributed by atoms with Gasteiger partial charge in [-0.15, -0.1) is 0 Å².